The van der Waals surface area contributed by atoms with Gasteiger partial charge in [-0.2, -0.15) is 4.91 Å². The molecule has 0 aromatic heterocycles. The molecule has 1 saturated carbocycles. The third-order valence-corrected chi connectivity index (χ3v) is 5.30. The number of methoxy groups -OCH3 is 4. The molecular formula is C21H23NO7. The van der Waals surface area contributed by atoms with Gasteiger partial charge in [0.05, 0.1) is 34.4 Å². The molecule has 0 heterocycles. The van der Waals surface area contributed by atoms with Crippen molar-refractivity contribution in [3.05, 3.63) is 46.4 Å². The van der Waals surface area contributed by atoms with Crippen LogP contribution in [0.2, 0.25) is 0 Å². The highest BCUT2D eigenvalue weighted by Gasteiger charge is 2.46. The number of hydrogen-bond donors (Lipinski definition) is 1. The van der Waals surface area contributed by atoms with Crippen LogP contribution in [0, 0.1) is 4.91 Å². The zero-order valence-corrected chi connectivity index (χ0v) is 16.7. The van der Waals surface area contributed by atoms with Crippen molar-refractivity contribution < 1.29 is 28.8 Å². The van der Waals surface area contributed by atoms with Crippen LogP contribution in [-0.4, -0.2) is 45.4 Å². The molecule has 29 heavy (non-hydrogen) atoms. The van der Waals surface area contributed by atoms with Crippen molar-refractivity contribution in [3.63, 3.8) is 0 Å². The minimum Gasteiger partial charge on any atom is -0.504 e. The number of ether oxygens (including phenoxy) is 4. The van der Waals surface area contributed by atoms with Crippen molar-refractivity contribution in [2.75, 3.05) is 28.4 Å². The van der Waals surface area contributed by atoms with E-state index in [0.29, 0.717) is 34.1 Å². The van der Waals surface area contributed by atoms with Crippen molar-refractivity contribution in [2.45, 2.75) is 24.3 Å². The van der Waals surface area contributed by atoms with E-state index in [9.17, 15) is 14.8 Å². The molecule has 8 heteroatoms. The third kappa shape index (κ3) is 3.57. The topological polar surface area (TPSA) is 104 Å². The maximum absolute atomic E-state index is 12.8. The Morgan fingerprint density at radius 2 is 1.52 bits per heavy atom. The van der Waals surface area contributed by atoms with E-state index in [2.05, 4.69) is 5.18 Å². The number of carbonyl (C=O) groups is 1. The van der Waals surface area contributed by atoms with E-state index in [4.69, 9.17) is 18.9 Å². The number of phenolic OH excluding ortho intramolecular Hbond substituents is 1. The molecule has 3 unspecified atom stereocenters. The first-order valence-electron chi connectivity index (χ1n) is 9.01. The number of aromatic hydroxyl groups is 1. The highest BCUT2D eigenvalue weighted by molar-refractivity contribution is 5.91. The molecule has 1 aliphatic carbocycles. The third-order valence-electron chi connectivity index (χ3n) is 5.30. The van der Waals surface area contributed by atoms with Crippen LogP contribution in [0.15, 0.2) is 35.5 Å². The first kappa shape index (κ1) is 20.4. The Morgan fingerprint density at radius 1 is 0.897 bits per heavy atom. The van der Waals surface area contributed by atoms with Crippen LogP contribution in [0.4, 0.5) is 0 Å². The van der Waals surface area contributed by atoms with E-state index in [1.165, 1.54) is 34.5 Å². The number of carbonyl (C=O) groups excluding carboxylic acids is 1. The summed E-state index contributed by atoms with van der Waals surface area (Å²) in [6, 6.07) is 7.47. The molecule has 8 nitrogen and oxygen atoms in total. The van der Waals surface area contributed by atoms with Crippen LogP contribution in [0.1, 0.15) is 29.4 Å². The van der Waals surface area contributed by atoms with Crippen molar-refractivity contribution in [2.24, 2.45) is 5.18 Å². The molecule has 2 aromatic carbocycles. The highest BCUT2D eigenvalue weighted by Crippen LogP contribution is 2.50. The van der Waals surface area contributed by atoms with Crippen molar-refractivity contribution in [1.29, 1.82) is 0 Å². The van der Waals surface area contributed by atoms with Crippen molar-refractivity contribution >= 4 is 5.78 Å². The van der Waals surface area contributed by atoms with Gasteiger partial charge in [-0.25, -0.2) is 0 Å². The molecule has 0 aliphatic heterocycles. The number of Topliss-reactive ketones (excluding diaryl/α,β-unsaturated/α-hetero) is 1. The maximum Gasteiger partial charge on any atom is 0.203 e. The average Bonchev–Trinajstić information content (AvgIpc) is 3.08. The molecule has 154 valence electrons. The molecule has 2 aromatic rings. The molecule has 1 aliphatic rings. The van der Waals surface area contributed by atoms with E-state index in [-0.39, 0.29) is 18.0 Å². The molecule has 3 atom stereocenters. The second kappa shape index (κ2) is 8.38. The van der Waals surface area contributed by atoms with E-state index in [0.717, 1.165) is 0 Å². The first-order valence-corrected chi connectivity index (χ1v) is 9.01. The van der Waals surface area contributed by atoms with Gasteiger partial charge in [0.2, 0.25) is 5.75 Å². The zero-order chi connectivity index (χ0) is 21.1. The first-order chi connectivity index (χ1) is 14.0. The van der Waals surface area contributed by atoms with Crippen LogP contribution >= 0.6 is 0 Å². The lowest BCUT2D eigenvalue weighted by Crippen LogP contribution is -2.16. The van der Waals surface area contributed by atoms with Gasteiger partial charge < -0.3 is 24.1 Å². The summed E-state index contributed by atoms with van der Waals surface area (Å²) in [6.45, 7) is 0. The van der Waals surface area contributed by atoms with Gasteiger partial charge in [0, 0.05) is 12.3 Å². The Bertz CT molecular complexity index is 902. The Kier molecular flexibility index (Phi) is 5.91. The second-order valence-electron chi connectivity index (χ2n) is 6.74. The number of rotatable bonds is 7. The molecule has 1 N–H and O–H groups in total. The lowest BCUT2D eigenvalue weighted by Gasteiger charge is -2.23. The molecular weight excluding hydrogens is 378 g/mol. The Morgan fingerprint density at radius 3 is 2.00 bits per heavy atom. The fourth-order valence-electron chi connectivity index (χ4n) is 3.99. The fraction of sp³-hybridized carbons (Fsp3) is 0.381. The van der Waals surface area contributed by atoms with Crippen molar-refractivity contribution in [1.82, 2.24) is 0 Å². The standard InChI is InChI=1S/C21H23NO7/c1-26-16-6-5-11(7-14(16)23)20-15(24)10-13(22-25)19(20)12-8-17(27-2)21(29-4)18(9-12)28-3/h5-9,13,19-20,23H,10H2,1-4H3. The predicted octanol–water partition coefficient (Wildman–Crippen LogP) is 3.40. The minimum atomic E-state index is -0.750. The summed E-state index contributed by atoms with van der Waals surface area (Å²) in [5, 5.41) is 13.4. The van der Waals surface area contributed by atoms with Gasteiger partial charge in [-0.3, -0.25) is 4.79 Å². The molecule has 0 bridgehead atoms. The number of hydrogen-bond acceptors (Lipinski definition) is 8. The summed E-state index contributed by atoms with van der Waals surface area (Å²) in [5.74, 6) is 0.149. The van der Waals surface area contributed by atoms with E-state index in [1.54, 1.807) is 24.3 Å². The van der Waals surface area contributed by atoms with Crippen LogP contribution in [0.5, 0.6) is 28.7 Å². The quantitative estimate of drug-likeness (QED) is 0.709. The monoisotopic (exact) mass is 401 g/mol. The molecule has 0 saturated heterocycles. The number of phenols is 1. The van der Waals surface area contributed by atoms with Gasteiger partial charge in [-0.15, -0.1) is 0 Å². The minimum absolute atomic E-state index is 0.0162. The summed E-state index contributed by atoms with van der Waals surface area (Å²) in [5.41, 5.74) is 1.24. The number of nitroso groups, excluding NO2 is 1. The summed E-state index contributed by atoms with van der Waals surface area (Å²) >= 11 is 0. The molecule has 3 rings (SSSR count). The van der Waals surface area contributed by atoms with Gasteiger partial charge in [0.25, 0.3) is 0 Å². The van der Waals surface area contributed by atoms with Gasteiger partial charge >= 0.3 is 0 Å². The lowest BCUT2D eigenvalue weighted by molar-refractivity contribution is -0.118. The van der Waals surface area contributed by atoms with Crippen LogP contribution in [-0.2, 0) is 4.79 Å². The molecule has 0 amide bonds. The van der Waals surface area contributed by atoms with E-state index >= 15 is 0 Å². The Balaban J connectivity index is 2.15. The molecule has 0 spiro atoms. The second-order valence-corrected chi connectivity index (χ2v) is 6.74. The largest absolute Gasteiger partial charge is 0.504 e. The smallest absolute Gasteiger partial charge is 0.203 e. The lowest BCUT2D eigenvalue weighted by atomic mass is 9.82. The van der Waals surface area contributed by atoms with Gasteiger partial charge in [0.15, 0.2) is 23.0 Å². The SMILES string of the molecule is COc1ccc(C2C(=O)CC(N=O)C2c2cc(OC)c(OC)c(OC)c2)cc1O. The fourth-order valence-corrected chi connectivity index (χ4v) is 3.99. The van der Waals surface area contributed by atoms with Gasteiger partial charge in [-0.1, -0.05) is 11.2 Å². The summed E-state index contributed by atoms with van der Waals surface area (Å²) in [6.07, 6.45) is 0.0162. The van der Waals surface area contributed by atoms with Gasteiger partial charge in [0.1, 0.15) is 11.8 Å². The van der Waals surface area contributed by atoms with Gasteiger partial charge in [-0.05, 0) is 35.4 Å². The maximum atomic E-state index is 12.8. The number of benzene rings is 2. The van der Waals surface area contributed by atoms with Crippen LogP contribution in [0.3, 0.4) is 0 Å². The van der Waals surface area contributed by atoms with E-state index in [1.807, 2.05) is 0 Å². The van der Waals surface area contributed by atoms with Crippen molar-refractivity contribution in [3.8, 4) is 28.7 Å². The predicted molar refractivity (Wildman–Crippen MR) is 105 cm³/mol. The molecule has 1 fully saturated rings. The highest BCUT2D eigenvalue weighted by atomic mass is 16.5. The molecule has 0 radical (unpaired) electrons. The summed E-state index contributed by atoms with van der Waals surface area (Å²) in [4.78, 5) is 24.4. The Labute approximate surface area is 168 Å². The van der Waals surface area contributed by atoms with E-state index < -0.39 is 17.9 Å². The summed E-state index contributed by atoms with van der Waals surface area (Å²) < 4.78 is 21.3. The normalized spacial score (nSPS) is 21.0. The average molecular weight is 401 g/mol. The van der Waals surface area contributed by atoms with Crippen LogP contribution < -0.4 is 18.9 Å². The zero-order valence-electron chi connectivity index (χ0n) is 16.7. The Hall–Kier alpha value is -3.29. The number of ketones is 1. The number of nitrogens with zero attached hydrogens (tertiary/aromatic N) is 1. The van der Waals surface area contributed by atoms with Crippen LogP contribution in [0.25, 0.3) is 0 Å². The summed E-state index contributed by atoms with van der Waals surface area (Å²) in [7, 11) is 5.93.